The van der Waals surface area contributed by atoms with Crippen LogP contribution in [0.25, 0.3) is 0 Å². The Morgan fingerprint density at radius 2 is 1.89 bits per heavy atom. The van der Waals surface area contributed by atoms with Gasteiger partial charge in [-0.2, -0.15) is 0 Å². The molecule has 0 spiro atoms. The van der Waals surface area contributed by atoms with Crippen LogP contribution in [0.1, 0.15) is 64.5 Å². The Bertz CT molecular complexity index is 606. The summed E-state index contributed by atoms with van der Waals surface area (Å²) in [5.41, 5.74) is 2.03. The van der Waals surface area contributed by atoms with Crippen LogP contribution in [0.15, 0.2) is 23.2 Å². The molecule has 27 heavy (non-hydrogen) atoms. The van der Waals surface area contributed by atoms with Gasteiger partial charge in [0, 0.05) is 18.2 Å². The first-order valence-corrected chi connectivity index (χ1v) is 9.78. The van der Waals surface area contributed by atoms with Gasteiger partial charge in [-0.15, -0.1) is 24.0 Å². The molecule has 0 heterocycles. The van der Waals surface area contributed by atoms with Crippen molar-refractivity contribution in [2.45, 2.75) is 84.6 Å². The molecule has 0 aliphatic heterocycles. The molecule has 0 atom stereocenters. The number of aliphatic hydroxyl groups excluding tert-OH is 1. The van der Waals surface area contributed by atoms with Gasteiger partial charge in [0.15, 0.2) is 5.96 Å². The third kappa shape index (κ3) is 8.68. The highest BCUT2D eigenvalue weighted by Gasteiger charge is 2.20. The maximum Gasteiger partial charge on any atom is 0.191 e. The average molecular weight is 489 g/mol. The molecule has 5 nitrogen and oxygen atoms in total. The van der Waals surface area contributed by atoms with Crippen LogP contribution in [0, 0.1) is 6.92 Å². The van der Waals surface area contributed by atoms with Gasteiger partial charge in [0.2, 0.25) is 0 Å². The number of nitrogens with one attached hydrogen (secondary N) is 2. The van der Waals surface area contributed by atoms with Crippen molar-refractivity contribution >= 4 is 29.9 Å². The molecule has 3 N–H and O–H groups in total. The first-order chi connectivity index (χ1) is 12.3. The van der Waals surface area contributed by atoms with E-state index >= 15 is 0 Å². The van der Waals surface area contributed by atoms with Crippen LogP contribution in [-0.2, 0) is 6.54 Å². The topological polar surface area (TPSA) is 65.9 Å². The predicted molar refractivity (Wildman–Crippen MR) is 123 cm³/mol. The Balaban J connectivity index is 0.00000364. The summed E-state index contributed by atoms with van der Waals surface area (Å²) in [4.78, 5) is 4.77. The molecule has 154 valence electrons. The lowest BCUT2D eigenvalue weighted by molar-refractivity contribution is 0.120. The van der Waals surface area contributed by atoms with Crippen molar-refractivity contribution in [1.82, 2.24) is 10.6 Å². The van der Waals surface area contributed by atoms with E-state index in [2.05, 4.69) is 63.5 Å². The normalized spacial score (nSPS) is 20.6. The maximum absolute atomic E-state index is 9.67. The van der Waals surface area contributed by atoms with Gasteiger partial charge in [-0.1, -0.05) is 12.1 Å². The number of guanidine groups is 1. The summed E-state index contributed by atoms with van der Waals surface area (Å²) in [5.74, 6) is 1.73. The molecular weight excluding hydrogens is 453 g/mol. The average Bonchev–Trinajstić information content (AvgIpc) is 2.55. The van der Waals surface area contributed by atoms with Gasteiger partial charge in [-0.25, -0.2) is 4.99 Å². The molecule has 1 aliphatic rings. The smallest absolute Gasteiger partial charge is 0.191 e. The third-order valence-corrected chi connectivity index (χ3v) is 4.43. The van der Waals surface area contributed by atoms with Gasteiger partial charge in [0.05, 0.1) is 12.6 Å². The largest absolute Gasteiger partial charge is 0.488 e. The number of hydrogen-bond acceptors (Lipinski definition) is 3. The molecule has 1 aliphatic carbocycles. The number of halogens is 1. The van der Waals surface area contributed by atoms with Crippen molar-refractivity contribution in [2.75, 3.05) is 6.54 Å². The Labute approximate surface area is 181 Å². The summed E-state index contributed by atoms with van der Waals surface area (Å²) in [7, 11) is 0. The summed E-state index contributed by atoms with van der Waals surface area (Å²) >= 11 is 0. The summed E-state index contributed by atoms with van der Waals surface area (Å²) in [6.45, 7) is 11.7. The number of aliphatic hydroxyl groups is 1. The Morgan fingerprint density at radius 1 is 1.22 bits per heavy atom. The van der Waals surface area contributed by atoms with Crippen LogP contribution in [-0.4, -0.2) is 35.4 Å². The molecule has 1 aromatic rings. The fourth-order valence-corrected chi connectivity index (χ4v) is 3.12. The lowest BCUT2D eigenvalue weighted by atomic mass is 9.93. The molecule has 6 heteroatoms. The fourth-order valence-electron chi connectivity index (χ4n) is 3.12. The Kier molecular flexibility index (Phi) is 9.87. The highest BCUT2D eigenvalue weighted by Crippen LogP contribution is 2.25. The molecule has 0 aromatic heterocycles. The van der Waals surface area contributed by atoms with E-state index in [-0.39, 0.29) is 35.7 Å². The SMILES string of the molecule is CCNC(=NCc1ccc(C)cc1OC(C)(C)C)NC1CCC(O)CC1.I. The van der Waals surface area contributed by atoms with Gasteiger partial charge in [0.25, 0.3) is 0 Å². The molecule has 0 amide bonds. The molecule has 0 saturated heterocycles. The quantitative estimate of drug-likeness (QED) is 0.331. The standard InChI is InChI=1S/C21H35N3O2.HI/c1-6-22-20(24-17-9-11-18(25)12-10-17)23-14-16-8-7-15(2)13-19(16)26-21(3,4)5;/h7-8,13,17-18,25H,6,9-12,14H2,1-5H3,(H2,22,23,24);1H. The van der Waals surface area contributed by atoms with Gasteiger partial charge in [-0.3, -0.25) is 0 Å². The van der Waals surface area contributed by atoms with E-state index in [1.807, 2.05) is 0 Å². The second kappa shape index (κ2) is 11.1. The number of aryl methyl sites for hydroxylation is 1. The van der Waals surface area contributed by atoms with Gasteiger partial charge in [-0.05, 0) is 71.9 Å². The fraction of sp³-hybridized carbons (Fsp3) is 0.667. The predicted octanol–water partition coefficient (Wildman–Crippen LogP) is 4.15. The van der Waals surface area contributed by atoms with Gasteiger partial charge in [0.1, 0.15) is 11.4 Å². The summed E-state index contributed by atoms with van der Waals surface area (Å²) in [6.07, 6.45) is 3.54. The van der Waals surface area contributed by atoms with Crippen molar-refractivity contribution < 1.29 is 9.84 Å². The van der Waals surface area contributed by atoms with E-state index < -0.39 is 0 Å². The minimum absolute atomic E-state index is 0. The zero-order valence-electron chi connectivity index (χ0n) is 17.3. The molecule has 1 fully saturated rings. The van der Waals surface area contributed by atoms with Gasteiger partial charge >= 0.3 is 0 Å². The first-order valence-electron chi connectivity index (χ1n) is 9.78. The lowest BCUT2D eigenvalue weighted by Crippen LogP contribution is -2.45. The number of hydrogen-bond donors (Lipinski definition) is 3. The van der Waals surface area contributed by atoms with Crippen molar-refractivity contribution in [1.29, 1.82) is 0 Å². The minimum atomic E-state index is -0.238. The minimum Gasteiger partial charge on any atom is -0.488 e. The van der Waals surface area contributed by atoms with Crippen molar-refractivity contribution in [3.8, 4) is 5.75 Å². The summed E-state index contributed by atoms with van der Waals surface area (Å²) in [6, 6.07) is 6.65. The molecule has 1 aromatic carbocycles. The van der Waals surface area contributed by atoms with Crippen molar-refractivity contribution in [3.63, 3.8) is 0 Å². The molecular formula is C21H36IN3O2. The lowest BCUT2D eigenvalue weighted by Gasteiger charge is -2.27. The van der Waals surface area contributed by atoms with Crippen molar-refractivity contribution in [3.05, 3.63) is 29.3 Å². The van der Waals surface area contributed by atoms with Crippen LogP contribution in [0.2, 0.25) is 0 Å². The number of nitrogens with zero attached hydrogens (tertiary/aromatic N) is 1. The Hall–Kier alpha value is -1.02. The van der Waals surface area contributed by atoms with E-state index in [0.29, 0.717) is 12.6 Å². The van der Waals surface area contributed by atoms with E-state index in [1.165, 1.54) is 5.56 Å². The van der Waals surface area contributed by atoms with E-state index in [0.717, 1.165) is 49.5 Å². The van der Waals surface area contributed by atoms with Gasteiger partial charge < -0.3 is 20.5 Å². The van der Waals surface area contributed by atoms with Crippen LogP contribution in [0.5, 0.6) is 5.75 Å². The van der Waals surface area contributed by atoms with E-state index in [4.69, 9.17) is 9.73 Å². The summed E-state index contributed by atoms with van der Waals surface area (Å²) in [5, 5.41) is 16.5. The molecule has 0 radical (unpaired) electrons. The monoisotopic (exact) mass is 489 g/mol. The zero-order chi connectivity index (χ0) is 19.2. The number of rotatable bonds is 5. The second-order valence-corrected chi connectivity index (χ2v) is 8.17. The third-order valence-electron chi connectivity index (χ3n) is 4.43. The van der Waals surface area contributed by atoms with Crippen LogP contribution < -0.4 is 15.4 Å². The number of ether oxygens (including phenoxy) is 1. The van der Waals surface area contributed by atoms with Crippen molar-refractivity contribution in [2.24, 2.45) is 4.99 Å². The van der Waals surface area contributed by atoms with E-state index in [1.54, 1.807) is 0 Å². The molecule has 1 saturated carbocycles. The van der Waals surface area contributed by atoms with Crippen LogP contribution in [0.3, 0.4) is 0 Å². The Morgan fingerprint density at radius 3 is 2.48 bits per heavy atom. The zero-order valence-corrected chi connectivity index (χ0v) is 19.7. The number of aliphatic imine (C=N–C) groups is 1. The highest BCUT2D eigenvalue weighted by molar-refractivity contribution is 14.0. The summed E-state index contributed by atoms with van der Waals surface area (Å²) < 4.78 is 6.13. The highest BCUT2D eigenvalue weighted by atomic mass is 127. The maximum atomic E-state index is 9.67. The molecule has 2 rings (SSSR count). The number of benzene rings is 1. The van der Waals surface area contributed by atoms with Crippen LogP contribution >= 0.6 is 24.0 Å². The molecule has 0 bridgehead atoms. The van der Waals surface area contributed by atoms with E-state index in [9.17, 15) is 5.11 Å². The van der Waals surface area contributed by atoms with Crippen LogP contribution in [0.4, 0.5) is 0 Å². The first kappa shape index (κ1) is 24.0. The second-order valence-electron chi connectivity index (χ2n) is 8.17. The molecule has 0 unspecified atom stereocenters.